The summed E-state index contributed by atoms with van der Waals surface area (Å²) < 4.78 is 1.47. The van der Waals surface area contributed by atoms with Crippen LogP contribution in [0.15, 0.2) is 48.8 Å². The molecule has 0 spiro atoms. The van der Waals surface area contributed by atoms with Crippen molar-refractivity contribution in [1.82, 2.24) is 0 Å². The van der Waals surface area contributed by atoms with Crippen LogP contribution in [-0.4, -0.2) is 17.8 Å². The molecular formula is C15H13N3O4. The van der Waals surface area contributed by atoms with E-state index in [1.807, 2.05) is 0 Å². The molecule has 0 saturated carbocycles. The lowest BCUT2D eigenvalue weighted by Crippen LogP contribution is -2.41. The number of hydrogen-bond acceptors (Lipinski definition) is 4. The summed E-state index contributed by atoms with van der Waals surface area (Å²) in [5.41, 5.74) is 5.48. The van der Waals surface area contributed by atoms with Crippen molar-refractivity contribution in [3.8, 4) is 0 Å². The van der Waals surface area contributed by atoms with E-state index in [-0.39, 0.29) is 23.4 Å². The second-order valence-electron chi connectivity index (χ2n) is 4.51. The molecule has 112 valence electrons. The van der Waals surface area contributed by atoms with E-state index in [0.717, 1.165) is 0 Å². The van der Waals surface area contributed by atoms with Crippen LogP contribution in [-0.2, 0) is 11.3 Å². The summed E-state index contributed by atoms with van der Waals surface area (Å²) in [4.78, 5) is 34.0. The zero-order chi connectivity index (χ0) is 16.1. The molecule has 0 radical (unpaired) electrons. The van der Waals surface area contributed by atoms with Gasteiger partial charge in [0.15, 0.2) is 12.4 Å². The summed E-state index contributed by atoms with van der Waals surface area (Å²) in [6.07, 6.45) is 3.03. The number of aromatic carboxylic acids is 1. The van der Waals surface area contributed by atoms with E-state index in [2.05, 4.69) is 5.32 Å². The predicted octanol–water partition coefficient (Wildman–Crippen LogP) is -0.925. The Morgan fingerprint density at radius 1 is 1.14 bits per heavy atom. The van der Waals surface area contributed by atoms with Crippen LogP contribution in [0.5, 0.6) is 0 Å². The highest BCUT2D eigenvalue weighted by atomic mass is 16.4. The van der Waals surface area contributed by atoms with Crippen LogP contribution in [0.1, 0.15) is 20.7 Å². The van der Waals surface area contributed by atoms with Crippen molar-refractivity contribution in [2.24, 2.45) is 5.73 Å². The molecule has 2 amide bonds. The number of anilines is 1. The maximum absolute atomic E-state index is 12.0. The lowest BCUT2D eigenvalue weighted by molar-refractivity contribution is -0.684. The lowest BCUT2D eigenvalue weighted by Gasteiger charge is -2.10. The fourth-order valence-corrected chi connectivity index (χ4v) is 1.89. The third-order valence-electron chi connectivity index (χ3n) is 2.89. The van der Waals surface area contributed by atoms with E-state index in [9.17, 15) is 19.5 Å². The molecular weight excluding hydrogens is 286 g/mol. The molecule has 22 heavy (non-hydrogen) atoms. The van der Waals surface area contributed by atoms with Crippen LogP contribution in [0, 0.1) is 0 Å². The molecule has 3 N–H and O–H groups in total. The van der Waals surface area contributed by atoms with Gasteiger partial charge in [0.2, 0.25) is 6.54 Å². The number of primary amides is 1. The topological polar surface area (TPSA) is 116 Å². The minimum atomic E-state index is -1.38. The molecule has 7 nitrogen and oxygen atoms in total. The molecule has 2 rings (SSSR count). The van der Waals surface area contributed by atoms with Crippen molar-refractivity contribution in [1.29, 1.82) is 0 Å². The van der Waals surface area contributed by atoms with Crippen LogP contribution in [0.2, 0.25) is 0 Å². The summed E-state index contributed by atoms with van der Waals surface area (Å²) in [6.45, 7) is -0.0947. The lowest BCUT2D eigenvalue weighted by atomic mass is 10.2. The van der Waals surface area contributed by atoms with Crippen molar-refractivity contribution in [3.05, 3.63) is 59.9 Å². The number of carboxylic acid groups (broad SMARTS) is 1. The Bertz CT molecular complexity index is 743. The number of benzene rings is 1. The number of nitrogens with two attached hydrogens (primary N) is 1. The number of aromatic nitrogens is 1. The van der Waals surface area contributed by atoms with Crippen LogP contribution in [0.25, 0.3) is 0 Å². The maximum atomic E-state index is 12.0. The van der Waals surface area contributed by atoms with E-state index in [1.165, 1.54) is 35.0 Å². The van der Waals surface area contributed by atoms with Crippen molar-refractivity contribution >= 4 is 23.5 Å². The molecule has 0 aliphatic rings. The van der Waals surface area contributed by atoms with Gasteiger partial charge in [-0.05, 0) is 12.1 Å². The quantitative estimate of drug-likeness (QED) is 0.694. The minimum absolute atomic E-state index is 0.0947. The summed E-state index contributed by atoms with van der Waals surface area (Å²) >= 11 is 0. The molecule has 7 heteroatoms. The van der Waals surface area contributed by atoms with Crippen LogP contribution in [0.4, 0.5) is 5.69 Å². The molecule has 0 saturated heterocycles. The Hall–Kier alpha value is -3.22. The SMILES string of the molecule is NC(=O)c1ccc[n+](CC(=O)Nc2ccccc2C(=O)[O-])c1. The highest BCUT2D eigenvalue weighted by molar-refractivity contribution is 5.99. The fourth-order valence-electron chi connectivity index (χ4n) is 1.89. The summed E-state index contributed by atoms with van der Waals surface area (Å²) in [5, 5.41) is 13.5. The Labute approximate surface area is 126 Å². The number of rotatable bonds is 5. The molecule has 0 bridgehead atoms. The third kappa shape index (κ3) is 3.66. The predicted molar refractivity (Wildman–Crippen MR) is 74.6 cm³/mol. The second kappa shape index (κ2) is 6.49. The van der Waals surface area contributed by atoms with Gasteiger partial charge in [0.25, 0.3) is 11.8 Å². The maximum Gasteiger partial charge on any atom is 0.290 e. The van der Waals surface area contributed by atoms with Crippen molar-refractivity contribution in [2.75, 3.05) is 5.32 Å². The van der Waals surface area contributed by atoms with Crippen LogP contribution >= 0.6 is 0 Å². The van der Waals surface area contributed by atoms with Crippen LogP contribution in [0.3, 0.4) is 0 Å². The Morgan fingerprint density at radius 2 is 1.86 bits per heavy atom. The molecule has 0 aliphatic carbocycles. The Balaban J connectivity index is 2.12. The average molecular weight is 299 g/mol. The number of carbonyl (C=O) groups is 3. The smallest absolute Gasteiger partial charge is 0.290 e. The zero-order valence-electron chi connectivity index (χ0n) is 11.5. The minimum Gasteiger partial charge on any atom is -0.545 e. The van der Waals surface area contributed by atoms with E-state index in [0.29, 0.717) is 0 Å². The Kier molecular flexibility index (Phi) is 4.47. The molecule has 1 aromatic heterocycles. The summed E-state index contributed by atoms with van der Waals surface area (Å²) in [5.74, 6) is -2.42. The van der Waals surface area contributed by atoms with Crippen molar-refractivity contribution < 1.29 is 24.1 Å². The van der Waals surface area contributed by atoms with Gasteiger partial charge in [-0.1, -0.05) is 18.2 Å². The molecule has 0 aliphatic heterocycles. The van der Waals surface area contributed by atoms with Gasteiger partial charge in [-0.15, -0.1) is 0 Å². The third-order valence-corrected chi connectivity index (χ3v) is 2.89. The molecule has 1 heterocycles. The number of nitrogens with zero attached hydrogens (tertiary/aromatic N) is 1. The standard InChI is InChI=1S/C15H13N3O4/c16-14(20)10-4-3-7-18(8-10)9-13(19)17-12-6-2-1-5-11(12)15(21)22/h1-8H,9H2,(H3-,16,17,19,20,21,22). The van der Waals surface area contributed by atoms with Gasteiger partial charge in [0.1, 0.15) is 5.56 Å². The molecule has 0 unspecified atom stereocenters. The van der Waals surface area contributed by atoms with Gasteiger partial charge < -0.3 is 21.0 Å². The van der Waals surface area contributed by atoms with E-state index in [1.54, 1.807) is 18.3 Å². The van der Waals surface area contributed by atoms with Gasteiger partial charge in [-0.25, -0.2) is 0 Å². The fraction of sp³-hybridized carbons (Fsp3) is 0.0667. The number of nitrogens with one attached hydrogen (secondary N) is 1. The second-order valence-corrected chi connectivity index (χ2v) is 4.51. The van der Waals surface area contributed by atoms with E-state index >= 15 is 0 Å². The van der Waals surface area contributed by atoms with Crippen molar-refractivity contribution in [3.63, 3.8) is 0 Å². The first kappa shape index (κ1) is 15.2. The first-order valence-electron chi connectivity index (χ1n) is 6.36. The van der Waals surface area contributed by atoms with Gasteiger partial charge in [0, 0.05) is 11.6 Å². The van der Waals surface area contributed by atoms with Crippen molar-refractivity contribution in [2.45, 2.75) is 6.54 Å². The molecule has 2 aromatic rings. The summed E-state index contributed by atoms with van der Waals surface area (Å²) in [6, 6.07) is 9.05. The molecule has 0 atom stereocenters. The summed E-state index contributed by atoms with van der Waals surface area (Å²) in [7, 11) is 0. The average Bonchev–Trinajstić information content (AvgIpc) is 2.47. The number of pyridine rings is 1. The van der Waals surface area contributed by atoms with Gasteiger partial charge in [0.05, 0.1) is 11.7 Å². The highest BCUT2D eigenvalue weighted by Gasteiger charge is 2.13. The highest BCUT2D eigenvalue weighted by Crippen LogP contribution is 2.13. The largest absolute Gasteiger partial charge is 0.545 e. The number of amides is 2. The van der Waals surface area contributed by atoms with Gasteiger partial charge >= 0.3 is 0 Å². The Morgan fingerprint density at radius 3 is 2.55 bits per heavy atom. The number of para-hydroxylation sites is 1. The number of carboxylic acids is 1. The first-order chi connectivity index (χ1) is 10.5. The number of carbonyl (C=O) groups excluding carboxylic acids is 3. The molecule has 1 aromatic carbocycles. The number of hydrogen-bond donors (Lipinski definition) is 2. The monoisotopic (exact) mass is 299 g/mol. The molecule has 0 fully saturated rings. The van der Waals surface area contributed by atoms with Gasteiger partial charge in [-0.3, -0.25) is 9.59 Å². The van der Waals surface area contributed by atoms with Crippen LogP contribution < -0.4 is 20.7 Å². The normalized spacial score (nSPS) is 10.0. The van der Waals surface area contributed by atoms with E-state index in [4.69, 9.17) is 5.73 Å². The zero-order valence-corrected chi connectivity index (χ0v) is 11.5. The van der Waals surface area contributed by atoms with Gasteiger partial charge in [-0.2, -0.15) is 4.57 Å². The van der Waals surface area contributed by atoms with E-state index < -0.39 is 17.8 Å². The first-order valence-corrected chi connectivity index (χ1v) is 6.36.